The summed E-state index contributed by atoms with van der Waals surface area (Å²) in [5, 5.41) is 7.11. The molecule has 0 fully saturated rings. The molecule has 0 spiro atoms. The predicted molar refractivity (Wildman–Crippen MR) is 79.4 cm³/mol. The Morgan fingerprint density at radius 1 is 1.45 bits per heavy atom. The number of nitrogens with zero attached hydrogens (tertiary/aromatic N) is 2. The summed E-state index contributed by atoms with van der Waals surface area (Å²) in [6, 6.07) is 7.89. The lowest BCUT2D eigenvalue weighted by molar-refractivity contribution is 0.0935. The first-order valence-electron chi connectivity index (χ1n) is 6.72. The van der Waals surface area contributed by atoms with Gasteiger partial charge in [-0.25, -0.2) is 0 Å². The summed E-state index contributed by atoms with van der Waals surface area (Å²) >= 11 is 0. The van der Waals surface area contributed by atoms with Gasteiger partial charge in [0.1, 0.15) is 0 Å². The van der Waals surface area contributed by atoms with Crippen molar-refractivity contribution >= 4 is 11.6 Å². The maximum absolute atomic E-state index is 12.2. The van der Waals surface area contributed by atoms with E-state index in [1.54, 1.807) is 10.9 Å². The van der Waals surface area contributed by atoms with Crippen LogP contribution >= 0.6 is 0 Å². The maximum Gasteiger partial charge on any atom is 0.274 e. The molecule has 20 heavy (non-hydrogen) atoms. The summed E-state index contributed by atoms with van der Waals surface area (Å²) < 4.78 is 1.66. The monoisotopic (exact) mass is 272 g/mol. The van der Waals surface area contributed by atoms with Crippen molar-refractivity contribution in [1.82, 2.24) is 15.1 Å². The van der Waals surface area contributed by atoms with E-state index in [2.05, 4.69) is 10.4 Å². The Morgan fingerprint density at radius 2 is 2.15 bits per heavy atom. The van der Waals surface area contributed by atoms with Gasteiger partial charge in [-0.1, -0.05) is 24.3 Å². The lowest BCUT2D eigenvalue weighted by Crippen LogP contribution is -2.28. The Kier molecular flexibility index (Phi) is 4.08. The number of rotatable bonds is 4. The quantitative estimate of drug-likeness (QED) is 0.896. The van der Waals surface area contributed by atoms with Gasteiger partial charge >= 0.3 is 0 Å². The number of amides is 1. The molecular formula is C15H20N4O. The van der Waals surface area contributed by atoms with Gasteiger partial charge in [0.25, 0.3) is 5.91 Å². The molecule has 5 heteroatoms. The predicted octanol–water partition coefficient (Wildman–Crippen LogP) is 2.28. The molecular weight excluding hydrogens is 252 g/mol. The van der Waals surface area contributed by atoms with Crippen LogP contribution in [0.4, 0.5) is 5.69 Å². The number of hydrogen-bond acceptors (Lipinski definition) is 3. The first-order valence-corrected chi connectivity index (χ1v) is 6.72. The van der Waals surface area contributed by atoms with Gasteiger partial charge < -0.3 is 11.1 Å². The fourth-order valence-electron chi connectivity index (χ4n) is 2.19. The topological polar surface area (TPSA) is 72.9 Å². The van der Waals surface area contributed by atoms with Crippen molar-refractivity contribution in [2.45, 2.75) is 33.4 Å². The maximum atomic E-state index is 12.2. The van der Waals surface area contributed by atoms with Crippen LogP contribution in [0.15, 0.2) is 30.5 Å². The van der Waals surface area contributed by atoms with Gasteiger partial charge in [-0.05, 0) is 31.9 Å². The number of hydrogen-bond donors (Lipinski definition) is 2. The van der Waals surface area contributed by atoms with Gasteiger partial charge in [0.2, 0.25) is 0 Å². The lowest BCUT2D eigenvalue weighted by Gasteiger charge is -2.16. The number of carbonyl (C=O) groups excluding carboxylic acids is 1. The van der Waals surface area contributed by atoms with Gasteiger partial charge in [0, 0.05) is 12.7 Å². The van der Waals surface area contributed by atoms with Crippen LogP contribution in [-0.4, -0.2) is 15.7 Å². The largest absolute Gasteiger partial charge is 0.396 e. The summed E-state index contributed by atoms with van der Waals surface area (Å²) in [5.41, 5.74) is 8.74. The highest BCUT2D eigenvalue weighted by atomic mass is 16.2. The molecule has 1 atom stereocenters. The van der Waals surface area contributed by atoms with Crippen LogP contribution in [0.1, 0.15) is 41.5 Å². The third kappa shape index (κ3) is 2.82. The second-order valence-electron chi connectivity index (χ2n) is 4.84. The number of aryl methyl sites for hydroxylation is 2. The van der Waals surface area contributed by atoms with Gasteiger partial charge in [-0.15, -0.1) is 0 Å². The molecule has 1 unspecified atom stereocenters. The summed E-state index contributed by atoms with van der Waals surface area (Å²) in [4.78, 5) is 12.2. The fourth-order valence-corrected chi connectivity index (χ4v) is 2.19. The van der Waals surface area contributed by atoms with Crippen molar-refractivity contribution in [2.75, 3.05) is 5.73 Å². The normalized spacial score (nSPS) is 12.2. The van der Waals surface area contributed by atoms with E-state index in [-0.39, 0.29) is 17.6 Å². The Bertz CT molecular complexity index is 618. The lowest BCUT2D eigenvalue weighted by atomic mass is 10.0. The molecule has 1 aromatic carbocycles. The molecule has 2 aromatic rings. The Balaban J connectivity index is 2.15. The van der Waals surface area contributed by atoms with Crippen LogP contribution in [0, 0.1) is 6.92 Å². The zero-order valence-corrected chi connectivity index (χ0v) is 12.1. The number of anilines is 1. The highest BCUT2D eigenvalue weighted by Crippen LogP contribution is 2.18. The Morgan fingerprint density at radius 3 is 2.75 bits per heavy atom. The minimum Gasteiger partial charge on any atom is -0.396 e. The van der Waals surface area contributed by atoms with E-state index in [1.165, 1.54) is 0 Å². The Labute approximate surface area is 118 Å². The van der Waals surface area contributed by atoms with E-state index in [0.29, 0.717) is 12.2 Å². The van der Waals surface area contributed by atoms with E-state index < -0.39 is 0 Å². The minimum absolute atomic E-state index is 0.0881. The number of nitrogens with one attached hydrogen (secondary N) is 1. The molecule has 3 N–H and O–H groups in total. The van der Waals surface area contributed by atoms with Crippen molar-refractivity contribution in [2.24, 2.45) is 0 Å². The third-order valence-corrected chi connectivity index (χ3v) is 3.33. The molecule has 0 aliphatic rings. The van der Waals surface area contributed by atoms with Gasteiger partial charge in [-0.3, -0.25) is 9.48 Å². The first kappa shape index (κ1) is 14.1. The molecule has 0 radical (unpaired) electrons. The zero-order chi connectivity index (χ0) is 14.7. The number of nitrogen functional groups attached to an aromatic ring is 1. The van der Waals surface area contributed by atoms with E-state index in [0.717, 1.165) is 11.1 Å². The minimum atomic E-state index is -0.245. The average molecular weight is 272 g/mol. The third-order valence-electron chi connectivity index (χ3n) is 3.33. The highest BCUT2D eigenvalue weighted by Gasteiger charge is 2.18. The summed E-state index contributed by atoms with van der Waals surface area (Å²) in [7, 11) is 0. The number of nitrogens with two attached hydrogens (primary N) is 1. The molecule has 1 heterocycles. The van der Waals surface area contributed by atoms with Crippen molar-refractivity contribution in [3.63, 3.8) is 0 Å². The van der Waals surface area contributed by atoms with Crippen LogP contribution in [0.2, 0.25) is 0 Å². The average Bonchev–Trinajstić information content (AvgIpc) is 2.80. The van der Waals surface area contributed by atoms with Crippen molar-refractivity contribution in [1.29, 1.82) is 0 Å². The molecule has 2 rings (SSSR count). The second-order valence-corrected chi connectivity index (χ2v) is 4.84. The molecule has 106 valence electrons. The van der Waals surface area contributed by atoms with Crippen LogP contribution in [0.5, 0.6) is 0 Å². The van der Waals surface area contributed by atoms with Crippen LogP contribution in [0.25, 0.3) is 0 Å². The van der Waals surface area contributed by atoms with Crippen molar-refractivity contribution in [3.05, 3.63) is 47.3 Å². The molecule has 0 saturated heterocycles. The smallest absolute Gasteiger partial charge is 0.274 e. The van der Waals surface area contributed by atoms with E-state index >= 15 is 0 Å². The second kappa shape index (κ2) is 5.77. The van der Waals surface area contributed by atoms with Gasteiger partial charge in [-0.2, -0.15) is 5.10 Å². The van der Waals surface area contributed by atoms with Crippen LogP contribution in [-0.2, 0) is 6.54 Å². The number of carbonyl (C=O) groups is 1. The molecule has 0 aliphatic heterocycles. The molecule has 0 saturated carbocycles. The van der Waals surface area contributed by atoms with Gasteiger partial charge in [0.15, 0.2) is 5.69 Å². The zero-order valence-electron chi connectivity index (χ0n) is 12.1. The highest BCUT2D eigenvalue weighted by molar-refractivity contribution is 5.97. The Hall–Kier alpha value is -2.30. The molecule has 1 amide bonds. The SMILES string of the molecule is CCn1cc(N)c(C(=O)NC(C)c2ccccc2C)n1. The number of aromatic nitrogens is 2. The number of benzene rings is 1. The van der Waals surface area contributed by atoms with E-state index in [9.17, 15) is 4.79 Å². The van der Waals surface area contributed by atoms with E-state index in [4.69, 9.17) is 5.73 Å². The standard InChI is InChI=1S/C15H20N4O/c1-4-19-9-13(16)14(18-19)15(20)17-11(3)12-8-6-5-7-10(12)2/h5-9,11H,4,16H2,1-3H3,(H,17,20). The van der Waals surface area contributed by atoms with Crippen LogP contribution < -0.4 is 11.1 Å². The summed E-state index contributed by atoms with van der Waals surface area (Å²) in [5.74, 6) is -0.245. The van der Waals surface area contributed by atoms with Crippen molar-refractivity contribution < 1.29 is 4.79 Å². The first-order chi connectivity index (χ1) is 9.52. The summed E-state index contributed by atoms with van der Waals surface area (Å²) in [6.45, 7) is 6.61. The molecule has 0 bridgehead atoms. The van der Waals surface area contributed by atoms with E-state index in [1.807, 2.05) is 45.0 Å². The molecule has 1 aromatic heterocycles. The summed E-state index contributed by atoms with van der Waals surface area (Å²) in [6.07, 6.45) is 1.67. The molecule has 5 nitrogen and oxygen atoms in total. The van der Waals surface area contributed by atoms with Crippen LogP contribution in [0.3, 0.4) is 0 Å². The fraction of sp³-hybridized carbons (Fsp3) is 0.333. The van der Waals surface area contributed by atoms with Crippen molar-refractivity contribution in [3.8, 4) is 0 Å². The molecule has 0 aliphatic carbocycles. The van der Waals surface area contributed by atoms with Gasteiger partial charge in [0.05, 0.1) is 11.7 Å².